The summed E-state index contributed by atoms with van der Waals surface area (Å²) in [4.78, 5) is 59.1. The molecule has 4 amide bonds. The van der Waals surface area contributed by atoms with Gasteiger partial charge in [0, 0.05) is 71.0 Å². The summed E-state index contributed by atoms with van der Waals surface area (Å²) in [6, 6.07) is -0.814. The first kappa shape index (κ1) is 27.6. The van der Waals surface area contributed by atoms with E-state index in [0.717, 1.165) is 25.7 Å². The molecule has 0 radical (unpaired) electrons. The maximum absolute atomic E-state index is 13.9. The van der Waals surface area contributed by atoms with Crippen molar-refractivity contribution in [1.29, 1.82) is 0 Å². The molecule has 3 aliphatic heterocycles. The van der Waals surface area contributed by atoms with E-state index in [1.807, 2.05) is 9.80 Å². The average molecular weight is 543 g/mol. The smallest absolute Gasteiger partial charge is 0.257 e. The highest BCUT2D eigenvalue weighted by atomic mass is 16.5. The van der Waals surface area contributed by atoms with Gasteiger partial charge in [-0.05, 0) is 38.0 Å². The highest BCUT2D eigenvalue weighted by Crippen LogP contribution is 2.54. The van der Waals surface area contributed by atoms with Crippen molar-refractivity contribution in [2.24, 2.45) is 29.7 Å². The predicted octanol–water partition coefficient (Wildman–Crippen LogP) is 0.899. The fourth-order valence-electron chi connectivity index (χ4n) is 6.58. The lowest BCUT2D eigenvalue weighted by Gasteiger charge is -2.50. The molecule has 11 heteroatoms. The third kappa shape index (κ3) is 5.17. The zero-order chi connectivity index (χ0) is 28.1. The molecule has 1 saturated carbocycles. The third-order valence-corrected chi connectivity index (χ3v) is 9.41. The van der Waals surface area contributed by atoms with Gasteiger partial charge in [0.05, 0.1) is 23.8 Å². The van der Waals surface area contributed by atoms with Gasteiger partial charge in [-0.15, -0.1) is 0 Å². The van der Waals surface area contributed by atoms with Crippen molar-refractivity contribution in [3.05, 3.63) is 18.0 Å². The molecule has 1 aromatic rings. The van der Waals surface area contributed by atoms with E-state index in [9.17, 15) is 19.2 Å². The number of hydrogen-bond donors (Lipinski definition) is 1. The number of aromatic nitrogens is 2. The highest BCUT2D eigenvalue weighted by molar-refractivity contribution is 5.95. The summed E-state index contributed by atoms with van der Waals surface area (Å²) in [5, 5.41) is 7.13. The second-order valence-electron chi connectivity index (χ2n) is 12.8. The summed E-state index contributed by atoms with van der Waals surface area (Å²) in [5.41, 5.74) is -0.0645. The Balaban J connectivity index is 1.34. The molecular formula is C28H42N6O5. The Labute approximate surface area is 230 Å². The van der Waals surface area contributed by atoms with Gasteiger partial charge in [0.25, 0.3) is 5.91 Å². The first-order chi connectivity index (χ1) is 18.5. The zero-order valence-corrected chi connectivity index (χ0v) is 23.8. The molecule has 4 heterocycles. The molecule has 39 heavy (non-hydrogen) atoms. The number of carbonyl (C=O) groups is 4. The van der Waals surface area contributed by atoms with Crippen molar-refractivity contribution < 1.29 is 23.9 Å². The molecule has 0 bridgehead atoms. The maximum Gasteiger partial charge on any atom is 0.257 e. The lowest BCUT2D eigenvalue weighted by molar-refractivity contribution is -0.152. The van der Waals surface area contributed by atoms with Gasteiger partial charge in [-0.25, -0.2) is 0 Å². The number of methoxy groups -OCH3 is 1. The molecule has 3 saturated heterocycles. The third-order valence-electron chi connectivity index (χ3n) is 9.41. The summed E-state index contributed by atoms with van der Waals surface area (Å²) in [7, 11) is 3.29. The maximum atomic E-state index is 13.9. The van der Waals surface area contributed by atoms with Gasteiger partial charge >= 0.3 is 0 Å². The molecule has 1 aromatic heterocycles. The van der Waals surface area contributed by atoms with Crippen LogP contribution in [0, 0.1) is 22.7 Å². The molecule has 0 unspecified atom stereocenters. The fraction of sp³-hybridized carbons (Fsp3) is 0.750. The van der Waals surface area contributed by atoms with Crippen LogP contribution in [0.3, 0.4) is 0 Å². The highest BCUT2D eigenvalue weighted by Gasteiger charge is 2.62. The largest absolute Gasteiger partial charge is 0.379 e. The van der Waals surface area contributed by atoms with E-state index in [0.29, 0.717) is 38.3 Å². The normalized spacial score (nSPS) is 26.6. The van der Waals surface area contributed by atoms with Gasteiger partial charge in [0.15, 0.2) is 0 Å². The van der Waals surface area contributed by atoms with Crippen LogP contribution in [0.4, 0.5) is 0 Å². The van der Waals surface area contributed by atoms with Crippen LogP contribution >= 0.6 is 0 Å². The Bertz CT molecular complexity index is 1140. The molecule has 1 spiro atoms. The van der Waals surface area contributed by atoms with Crippen molar-refractivity contribution >= 4 is 23.6 Å². The summed E-state index contributed by atoms with van der Waals surface area (Å²) in [6.07, 6.45) is 6.56. The first-order valence-electron chi connectivity index (χ1n) is 14.1. The van der Waals surface area contributed by atoms with Crippen LogP contribution in [0.5, 0.6) is 0 Å². The Morgan fingerprint density at radius 1 is 1.03 bits per heavy atom. The van der Waals surface area contributed by atoms with Gasteiger partial charge in [0.1, 0.15) is 6.04 Å². The molecule has 214 valence electrons. The summed E-state index contributed by atoms with van der Waals surface area (Å²) in [5.74, 6) is -0.977. The van der Waals surface area contributed by atoms with Crippen LogP contribution in [0.1, 0.15) is 56.8 Å². The van der Waals surface area contributed by atoms with E-state index in [1.165, 1.54) is 13.3 Å². The summed E-state index contributed by atoms with van der Waals surface area (Å²) >= 11 is 0. The van der Waals surface area contributed by atoms with Crippen LogP contribution in [0.15, 0.2) is 12.4 Å². The number of amides is 4. The van der Waals surface area contributed by atoms with E-state index < -0.39 is 23.5 Å². The standard InChI is InChI=1S/C28H42N6O5/c1-18(39-5)22(26(38)32-9-7-6-8-10-32)30-23(35)21-14-33(24(36)19-12-29-31(4)13-19)15-28(21)16-34(17-28)25(37)20-11-27(20,2)3/h12-13,18,20-22H,6-11,14-17H2,1-5H3,(H,30,35)/t18-,20-,21+,22+/m1/s1. The number of piperidine rings is 1. The van der Waals surface area contributed by atoms with Crippen molar-refractivity contribution in [1.82, 2.24) is 29.8 Å². The number of aryl methyl sites for hydroxylation is 1. The molecule has 11 nitrogen and oxygen atoms in total. The van der Waals surface area contributed by atoms with Crippen molar-refractivity contribution in [3.63, 3.8) is 0 Å². The minimum atomic E-state index is -0.814. The van der Waals surface area contributed by atoms with E-state index >= 15 is 0 Å². The monoisotopic (exact) mass is 542 g/mol. The number of nitrogens with zero attached hydrogens (tertiary/aromatic N) is 5. The van der Waals surface area contributed by atoms with Gasteiger partial charge in [-0.1, -0.05) is 13.8 Å². The van der Waals surface area contributed by atoms with Gasteiger partial charge in [-0.3, -0.25) is 23.9 Å². The Hall–Kier alpha value is -2.95. The topological polar surface area (TPSA) is 117 Å². The van der Waals surface area contributed by atoms with Crippen LogP contribution in [-0.2, 0) is 26.2 Å². The zero-order valence-electron chi connectivity index (χ0n) is 23.8. The molecule has 1 N–H and O–H groups in total. The van der Waals surface area contributed by atoms with Crippen LogP contribution in [0.2, 0.25) is 0 Å². The number of ether oxygens (including phenoxy) is 1. The fourth-order valence-corrected chi connectivity index (χ4v) is 6.58. The van der Waals surface area contributed by atoms with Gasteiger partial charge in [0.2, 0.25) is 17.7 Å². The Morgan fingerprint density at radius 2 is 1.67 bits per heavy atom. The average Bonchev–Trinajstić information content (AvgIpc) is 3.22. The Kier molecular flexibility index (Phi) is 7.24. The molecular weight excluding hydrogens is 500 g/mol. The molecule has 4 fully saturated rings. The summed E-state index contributed by atoms with van der Waals surface area (Å²) < 4.78 is 7.09. The summed E-state index contributed by atoms with van der Waals surface area (Å²) in [6.45, 7) is 8.80. The predicted molar refractivity (Wildman–Crippen MR) is 142 cm³/mol. The molecule has 5 rings (SSSR count). The first-order valence-corrected chi connectivity index (χ1v) is 14.1. The van der Waals surface area contributed by atoms with E-state index in [-0.39, 0.29) is 41.5 Å². The molecule has 0 aromatic carbocycles. The van der Waals surface area contributed by atoms with Crippen LogP contribution in [-0.4, -0.2) is 107 Å². The number of likely N-dealkylation sites (tertiary alicyclic amines) is 3. The van der Waals surface area contributed by atoms with E-state index in [1.54, 1.807) is 29.7 Å². The molecule has 4 aliphatic rings. The van der Waals surface area contributed by atoms with Crippen LogP contribution in [0.25, 0.3) is 0 Å². The second-order valence-corrected chi connectivity index (χ2v) is 12.8. The van der Waals surface area contributed by atoms with E-state index in [4.69, 9.17) is 4.74 Å². The minimum absolute atomic E-state index is 0.0192. The molecule has 1 aliphatic carbocycles. The van der Waals surface area contributed by atoms with Crippen molar-refractivity contribution in [2.45, 2.75) is 58.6 Å². The number of rotatable bonds is 7. The van der Waals surface area contributed by atoms with Gasteiger partial charge in [-0.2, -0.15) is 5.10 Å². The van der Waals surface area contributed by atoms with Crippen molar-refractivity contribution in [3.8, 4) is 0 Å². The minimum Gasteiger partial charge on any atom is -0.379 e. The lowest BCUT2D eigenvalue weighted by Crippen LogP contribution is -2.65. The Morgan fingerprint density at radius 3 is 2.23 bits per heavy atom. The number of carbonyl (C=O) groups excluding carboxylic acids is 4. The van der Waals surface area contributed by atoms with Gasteiger partial charge < -0.3 is 24.8 Å². The SMILES string of the molecule is CO[C@H](C)[C@H](NC(=O)[C@@H]1CN(C(=O)c2cnn(C)c2)CC12CN(C(=O)[C@H]1CC1(C)C)C2)C(=O)N1CCCCC1. The number of hydrogen-bond acceptors (Lipinski definition) is 6. The van der Waals surface area contributed by atoms with Crippen molar-refractivity contribution in [2.75, 3.05) is 46.4 Å². The van der Waals surface area contributed by atoms with E-state index in [2.05, 4.69) is 24.3 Å². The number of nitrogens with one attached hydrogen (secondary N) is 1. The van der Waals surface area contributed by atoms with Crippen LogP contribution < -0.4 is 5.32 Å². The lowest BCUT2D eigenvalue weighted by atomic mass is 9.70. The second kappa shape index (κ2) is 10.2. The molecule has 4 atom stereocenters. The quantitative estimate of drug-likeness (QED) is 0.547.